The average Bonchev–Trinajstić information content (AvgIpc) is 2.59. The standard InChI is InChI=1S/C21H27NO3/c1-21(25,15-22-12-11-19(23)20(24)14-22)13-17-9-5-6-10-18(17)16-7-3-2-4-8-16/h2-10,19-20,23-25H,11-15H2,1H3. The third-order valence-electron chi connectivity index (χ3n) is 4.87. The predicted molar refractivity (Wildman–Crippen MR) is 99.3 cm³/mol. The maximum Gasteiger partial charge on any atom is 0.0926 e. The topological polar surface area (TPSA) is 63.9 Å². The van der Waals surface area contributed by atoms with E-state index in [1.807, 2.05) is 42.2 Å². The SMILES string of the molecule is CC(O)(Cc1ccccc1-c1ccccc1)CN1CCC(O)C(O)C1. The van der Waals surface area contributed by atoms with Crippen molar-refractivity contribution in [1.82, 2.24) is 4.90 Å². The highest BCUT2D eigenvalue weighted by Crippen LogP contribution is 2.27. The Morgan fingerprint density at radius 2 is 1.68 bits per heavy atom. The number of hydrogen-bond donors (Lipinski definition) is 3. The van der Waals surface area contributed by atoms with Gasteiger partial charge in [0, 0.05) is 26.1 Å². The molecule has 134 valence electrons. The first-order valence-electron chi connectivity index (χ1n) is 8.89. The van der Waals surface area contributed by atoms with Crippen LogP contribution < -0.4 is 0 Å². The first-order chi connectivity index (χ1) is 11.9. The third-order valence-corrected chi connectivity index (χ3v) is 4.87. The monoisotopic (exact) mass is 341 g/mol. The maximum atomic E-state index is 11.0. The highest BCUT2D eigenvalue weighted by molar-refractivity contribution is 5.67. The van der Waals surface area contributed by atoms with Crippen molar-refractivity contribution in [2.75, 3.05) is 19.6 Å². The number of benzene rings is 2. The van der Waals surface area contributed by atoms with Crippen LogP contribution in [0.15, 0.2) is 54.6 Å². The number of β-amino-alcohol motifs (C(OH)–C–C–N with tert-alkyl or cyclic N) is 2. The van der Waals surface area contributed by atoms with Crippen molar-refractivity contribution in [2.24, 2.45) is 0 Å². The van der Waals surface area contributed by atoms with Crippen molar-refractivity contribution in [3.63, 3.8) is 0 Å². The Labute approximate surface area is 149 Å². The van der Waals surface area contributed by atoms with Crippen LogP contribution in [0.5, 0.6) is 0 Å². The molecule has 1 fully saturated rings. The van der Waals surface area contributed by atoms with Gasteiger partial charge in [-0.25, -0.2) is 0 Å². The summed E-state index contributed by atoms with van der Waals surface area (Å²) >= 11 is 0. The molecule has 0 aromatic heterocycles. The molecule has 2 aromatic rings. The fraction of sp³-hybridized carbons (Fsp3) is 0.429. The molecule has 0 aliphatic carbocycles. The van der Waals surface area contributed by atoms with Crippen LogP contribution in [-0.2, 0) is 6.42 Å². The summed E-state index contributed by atoms with van der Waals surface area (Å²) in [7, 11) is 0. The van der Waals surface area contributed by atoms with E-state index in [4.69, 9.17) is 0 Å². The zero-order valence-corrected chi connectivity index (χ0v) is 14.7. The Hall–Kier alpha value is -1.72. The molecule has 0 spiro atoms. The minimum absolute atomic E-state index is 0.400. The Bertz CT molecular complexity index is 687. The zero-order valence-electron chi connectivity index (χ0n) is 14.7. The molecule has 1 heterocycles. The van der Waals surface area contributed by atoms with E-state index >= 15 is 0 Å². The van der Waals surface area contributed by atoms with Gasteiger partial charge in [-0.05, 0) is 30.0 Å². The van der Waals surface area contributed by atoms with Gasteiger partial charge in [0.15, 0.2) is 0 Å². The molecular weight excluding hydrogens is 314 g/mol. The van der Waals surface area contributed by atoms with Gasteiger partial charge in [0.05, 0.1) is 17.8 Å². The van der Waals surface area contributed by atoms with E-state index < -0.39 is 17.8 Å². The Balaban J connectivity index is 1.73. The van der Waals surface area contributed by atoms with Crippen molar-refractivity contribution in [1.29, 1.82) is 0 Å². The summed E-state index contributed by atoms with van der Waals surface area (Å²) < 4.78 is 0. The fourth-order valence-corrected chi connectivity index (χ4v) is 3.65. The van der Waals surface area contributed by atoms with Crippen LogP contribution in [0, 0.1) is 0 Å². The van der Waals surface area contributed by atoms with Crippen LogP contribution in [0.3, 0.4) is 0 Å². The zero-order chi connectivity index (χ0) is 17.9. The molecule has 3 N–H and O–H groups in total. The number of nitrogens with zero attached hydrogens (tertiary/aromatic N) is 1. The largest absolute Gasteiger partial charge is 0.390 e. The van der Waals surface area contributed by atoms with Crippen molar-refractivity contribution in [2.45, 2.75) is 37.6 Å². The van der Waals surface area contributed by atoms with Gasteiger partial charge in [0.25, 0.3) is 0 Å². The lowest BCUT2D eigenvalue weighted by Crippen LogP contribution is -2.52. The molecule has 0 saturated carbocycles. The molecule has 3 rings (SSSR count). The van der Waals surface area contributed by atoms with Crippen molar-refractivity contribution < 1.29 is 15.3 Å². The Morgan fingerprint density at radius 3 is 2.40 bits per heavy atom. The average molecular weight is 341 g/mol. The van der Waals surface area contributed by atoms with Crippen LogP contribution in [0.1, 0.15) is 18.9 Å². The van der Waals surface area contributed by atoms with E-state index in [1.165, 1.54) is 0 Å². The quantitative estimate of drug-likeness (QED) is 0.779. The normalized spacial score (nSPS) is 24.0. The molecule has 0 amide bonds. The lowest BCUT2D eigenvalue weighted by atomic mass is 9.89. The van der Waals surface area contributed by atoms with E-state index in [-0.39, 0.29) is 0 Å². The molecule has 2 aromatic carbocycles. The summed E-state index contributed by atoms with van der Waals surface area (Å²) in [5.74, 6) is 0. The lowest BCUT2D eigenvalue weighted by Gasteiger charge is -2.38. The predicted octanol–water partition coefficient (Wildman–Crippen LogP) is 2.07. The van der Waals surface area contributed by atoms with Gasteiger partial charge in [-0.2, -0.15) is 0 Å². The number of likely N-dealkylation sites (tertiary alicyclic amines) is 1. The highest BCUT2D eigenvalue weighted by Gasteiger charge is 2.31. The molecule has 0 bridgehead atoms. The lowest BCUT2D eigenvalue weighted by molar-refractivity contribution is -0.0613. The van der Waals surface area contributed by atoms with Gasteiger partial charge in [0.2, 0.25) is 0 Å². The summed E-state index contributed by atoms with van der Waals surface area (Å²) in [6.07, 6.45) is -0.313. The van der Waals surface area contributed by atoms with Crippen LogP contribution in [0.2, 0.25) is 0 Å². The second-order valence-electron chi connectivity index (χ2n) is 7.36. The molecule has 1 saturated heterocycles. The number of piperidine rings is 1. The summed E-state index contributed by atoms with van der Waals surface area (Å²) in [5, 5.41) is 30.5. The Kier molecular flexibility index (Phi) is 5.54. The van der Waals surface area contributed by atoms with Crippen molar-refractivity contribution >= 4 is 0 Å². The highest BCUT2D eigenvalue weighted by atomic mass is 16.3. The van der Waals surface area contributed by atoms with Crippen molar-refractivity contribution in [3.8, 4) is 11.1 Å². The third kappa shape index (κ3) is 4.67. The second kappa shape index (κ2) is 7.67. The van der Waals surface area contributed by atoms with Crippen molar-refractivity contribution in [3.05, 3.63) is 60.2 Å². The molecule has 4 nitrogen and oxygen atoms in total. The van der Waals surface area contributed by atoms with Crippen LogP contribution in [0.4, 0.5) is 0 Å². The van der Waals surface area contributed by atoms with Gasteiger partial charge < -0.3 is 15.3 Å². The van der Waals surface area contributed by atoms with E-state index in [2.05, 4.69) is 24.3 Å². The molecule has 1 aliphatic rings. The summed E-state index contributed by atoms with van der Waals surface area (Å²) in [5.41, 5.74) is 2.48. The second-order valence-corrected chi connectivity index (χ2v) is 7.36. The van der Waals surface area contributed by atoms with Gasteiger partial charge in [-0.15, -0.1) is 0 Å². The number of aliphatic hydroxyl groups is 3. The molecule has 25 heavy (non-hydrogen) atoms. The smallest absolute Gasteiger partial charge is 0.0926 e. The first-order valence-corrected chi connectivity index (χ1v) is 8.89. The van der Waals surface area contributed by atoms with Crippen LogP contribution >= 0.6 is 0 Å². The van der Waals surface area contributed by atoms with E-state index in [0.29, 0.717) is 32.5 Å². The Morgan fingerprint density at radius 1 is 1.00 bits per heavy atom. The maximum absolute atomic E-state index is 11.0. The van der Waals surface area contributed by atoms with Gasteiger partial charge >= 0.3 is 0 Å². The first kappa shape index (κ1) is 18.1. The van der Waals surface area contributed by atoms with Gasteiger partial charge in [0.1, 0.15) is 0 Å². The molecule has 0 radical (unpaired) electrons. The molecular formula is C21H27NO3. The van der Waals surface area contributed by atoms with Gasteiger partial charge in [-0.3, -0.25) is 4.90 Å². The molecule has 1 aliphatic heterocycles. The summed E-state index contributed by atoms with van der Waals surface area (Å²) in [6.45, 7) is 3.40. The van der Waals surface area contributed by atoms with Crippen LogP contribution in [0.25, 0.3) is 11.1 Å². The fourth-order valence-electron chi connectivity index (χ4n) is 3.65. The van der Waals surface area contributed by atoms with Gasteiger partial charge in [-0.1, -0.05) is 54.6 Å². The molecule has 3 unspecified atom stereocenters. The van der Waals surface area contributed by atoms with E-state index in [0.717, 1.165) is 16.7 Å². The number of rotatable bonds is 5. The summed E-state index contributed by atoms with van der Waals surface area (Å²) in [6, 6.07) is 18.4. The minimum Gasteiger partial charge on any atom is -0.390 e. The number of aliphatic hydroxyl groups excluding tert-OH is 2. The van der Waals surface area contributed by atoms with E-state index in [9.17, 15) is 15.3 Å². The number of hydrogen-bond acceptors (Lipinski definition) is 4. The summed E-state index contributed by atoms with van der Waals surface area (Å²) in [4.78, 5) is 2.03. The molecule has 4 heteroatoms. The van der Waals surface area contributed by atoms with Crippen LogP contribution in [-0.4, -0.2) is 57.7 Å². The minimum atomic E-state index is -0.910. The molecule has 3 atom stereocenters. The van der Waals surface area contributed by atoms with E-state index in [1.54, 1.807) is 0 Å².